The largest absolute Gasteiger partial charge is 0.432 e. The van der Waals surface area contributed by atoms with Crippen LogP contribution in [0.15, 0.2) is 11.4 Å². The van der Waals surface area contributed by atoms with E-state index in [0.29, 0.717) is 18.7 Å². The number of amides is 1. The van der Waals surface area contributed by atoms with Crippen molar-refractivity contribution in [2.75, 3.05) is 20.1 Å². The minimum Gasteiger partial charge on any atom is -0.387 e. The van der Waals surface area contributed by atoms with Crippen LogP contribution in [-0.2, 0) is 22.4 Å². The highest BCUT2D eigenvalue weighted by Gasteiger charge is 2.45. The van der Waals surface area contributed by atoms with E-state index in [9.17, 15) is 18.0 Å². The monoisotopic (exact) mass is 387 g/mol. The third-order valence-corrected chi connectivity index (χ3v) is 5.11. The maximum Gasteiger partial charge on any atom is 0.432 e. The van der Waals surface area contributed by atoms with Gasteiger partial charge in [-0.2, -0.15) is 13.2 Å². The molecule has 0 aliphatic carbocycles. The van der Waals surface area contributed by atoms with Crippen molar-refractivity contribution in [3.8, 4) is 0 Å². The second kappa shape index (κ2) is 7.14. The van der Waals surface area contributed by atoms with Crippen LogP contribution in [0.3, 0.4) is 0 Å². The van der Waals surface area contributed by atoms with Crippen molar-refractivity contribution in [2.45, 2.75) is 57.5 Å². The Morgan fingerprint density at radius 1 is 1.48 bits per heavy atom. The number of aromatic amines is 1. The highest BCUT2D eigenvalue weighted by atomic mass is 19.4. The predicted molar refractivity (Wildman–Crippen MR) is 91.9 cm³/mol. The number of nitrogens with one attached hydrogen (secondary N) is 1. The first-order valence-corrected chi connectivity index (χ1v) is 8.95. The average Bonchev–Trinajstić information content (AvgIpc) is 3.21. The number of hydrogen-bond acceptors (Lipinski definition) is 5. The van der Waals surface area contributed by atoms with E-state index in [0.717, 1.165) is 25.6 Å². The van der Waals surface area contributed by atoms with Gasteiger partial charge in [-0.05, 0) is 33.2 Å². The number of H-pyrrole nitrogens is 1. The van der Waals surface area contributed by atoms with Crippen LogP contribution < -0.4 is 0 Å². The Hall–Kier alpha value is -2.10. The van der Waals surface area contributed by atoms with Crippen LogP contribution in [0.5, 0.6) is 0 Å². The van der Waals surface area contributed by atoms with Gasteiger partial charge >= 0.3 is 6.18 Å². The van der Waals surface area contributed by atoms with Gasteiger partial charge in [0.2, 0.25) is 0 Å². The zero-order chi connectivity index (χ0) is 19.8. The van der Waals surface area contributed by atoms with E-state index >= 15 is 0 Å². The van der Waals surface area contributed by atoms with Crippen LogP contribution >= 0.6 is 0 Å². The Morgan fingerprint density at radius 3 is 2.85 bits per heavy atom. The fraction of sp³-hybridized carbons (Fsp3) is 0.706. The highest BCUT2D eigenvalue weighted by molar-refractivity contribution is 6.39. The quantitative estimate of drug-likeness (QED) is 0.861. The molecule has 1 aromatic rings. The molecule has 1 fully saturated rings. The van der Waals surface area contributed by atoms with Gasteiger partial charge in [0.15, 0.2) is 5.60 Å². The van der Waals surface area contributed by atoms with Crippen LogP contribution in [0.4, 0.5) is 13.2 Å². The van der Waals surface area contributed by atoms with E-state index < -0.39 is 17.5 Å². The van der Waals surface area contributed by atoms with E-state index in [1.54, 1.807) is 11.9 Å². The summed E-state index contributed by atoms with van der Waals surface area (Å²) in [7, 11) is 1.73. The number of piperidine rings is 1. The summed E-state index contributed by atoms with van der Waals surface area (Å²) in [4.78, 5) is 27.9. The molecule has 1 amide bonds. The molecule has 0 radical (unpaired) electrons. The third-order valence-electron chi connectivity index (χ3n) is 5.11. The zero-order valence-corrected chi connectivity index (χ0v) is 15.6. The molecule has 3 rings (SSSR count). The summed E-state index contributed by atoms with van der Waals surface area (Å²) in [6.45, 7) is 5.31. The molecule has 1 spiro atoms. The molecule has 3 heterocycles. The maximum atomic E-state index is 12.7. The predicted octanol–water partition coefficient (Wildman–Crippen LogP) is 2.41. The van der Waals surface area contributed by atoms with Crippen molar-refractivity contribution in [1.29, 1.82) is 0 Å². The number of carbonyl (C=O) groups excluding carboxylic acids is 1. The van der Waals surface area contributed by atoms with Crippen molar-refractivity contribution >= 4 is 11.6 Å². The number of likely N-dealkylation sites (tertiary alicyclic amines) is 1. The number of imidazole rings is 1. The Kier molecular flexibility index (Phi) is 5.20. The maximum absolute atomic E-state index is 12.7. The molecule has 0 bridgehead atoms. The van der Waals surface area contributed by atoms with E-state index in [4.69, 9.17) is 4.84 Å². The molecule has 27 heavy (non-hydrogen) atoms. The Labute approximate surface area is 155 Å². The van der Waals surface area contributed by atoms with Gasteiger partial charge in [-0.25, -0.2) is 4.98 Å². The molecule has 2 aliphatic rings. The minimum absolute atomic E-state index is 0.0568. The number of rotatable bonds is 4. The summed E-state index contributed by atoms with van der Waals surface area (Å²) in [5.74, 6) is 0.106. The lowest BCUT2D eigenvalue weighted by Gasteiger charge is -2.37. The fourth-order valence-electron chi connectivity index (χ4n) is 3.42. The molecule has 0 aromatic carbocycles. The fourth-order valence-corrected chi connectivity index (χ4v) is 3.42. The smallest absolute Gasteiger partial charge is 0.387 e. The van der Waals surface area contributed by atoms with Crippen molar-refractivity contribution in [3.05, 3.63) is 17.7 Å². The van der Waals surface area contributed by atoms with Gasteiger partial charge in [0.05, 0.1) is 12.7 Å². The Morgan fingerprint density at radius 2 is 2.22 bits per heavy atom. The van der Waals surface area contributed by atoms with Crippen LogP contribution in [0.1, 0.15) is 44.6 Å². The van der Waals surface area contributed by atoms with Crippen molar-refractivity contribution in [3.63, 3.8) is 0 Å². The second-order valence-corrected chi connectivity index (χ2v) is 7.55. The molecule has 1 N–H and O–H groups in total. The van der Waals surface area contributed by atoms with E-state index in [1.165, 1.54) is 0 Å². The molecule has 0 unspecified atom stereocenters. The summed E-state index contributed by atoms with van der Waals surface area (Å²) in [5.41, 5.74) is -1.06. The first-order valence-electron chi connectivity index (χ1n) is 8.95. The molecule has 10 heteroatoms. The summed E-state index contributed by atoms with van der Waals surface area (Å²) in [6.07, 6.45) is -1.66. The molecule has 2 aliphatic heterocycles. The average molecular weight is 387 g/mol. The van der Waals surface area contributed by atoms with Gasteiger partial charge in [0, 0.05) is 26.1 Å². The van der Waals surface area contributed by atoms with Gasteiger partial charge < -0.3 is 14.7 Å². The summed E-state index contributed by atoms with van der Waals surface area (Å²) < 4.78 is 38.1. The Balaban J connectivity index is 1.62. The second-order valence-electron chi connectivity index (χ2n) is 7.55. The number of alkyl halides is 3. The number of carbonyl (C=O) groups is 1. The SMILES string of the molecule is CC(C)N(C)C(=O)C1=NO[C@@]2(CCCN(Cc3ncc(C(F)(F)F)[nH]3)C2)C1. The first kappa shape index (κ1) is 19.7. The molecule has 1 saturated heterocycles. The van der Waals surface area contributed by atoms with Crippen LogP contribution in [0.2, 0.25) is 0 Å². The van der Waals surface area contributed by atoms with Crippen molar-refractivity contribution in [1.82, 2.24) is 19.8 Å². The summed E-state index contributed by atoms with van der Waals surface area (Å²) in [6, 6.07) is 0.0568. The number of aromatic nitrogens is 2. The minimum atomic E-state index is -4.44. The van der Waals surface area contributed by atoms with Crippen LogP contribution in [0.25, 0.3) is 0 Å². The molecular weight excluding hydrogens is 363 g/mol. The van der Waals surface area contributed by atoms with Gasteiger partial charge in [-0.15, -0.1) is 0 Å². The molecular formula is C17H24F3N5O2. The third kappa shape index (κ3) is 4.26. The first-order chi connectivity index (χ1) is 12.6. The van der Waals surface area contributed by atoms with Gasteiger partial charge in [-0.1, -0.05) is 5.16 Å². The summed E-state index contributed by atoms with van der Waals surface area (Å²) in [5, 5.41) is 4.02. The van der Waals surface area contributed by atoms with Crippen LogP contribution in [0, 0.1) is 0 Å². The lowest BCUT2D eigenvalue weighted by molar-refractivity contribution is -0.141. The molecule has 7 nitrogen and oxygen atoms in total. The molecule has 1 aromatic heterocycles. The normalized spacial score (nSPS) is 23.6. The van der Waals surface area contributed by atoms with E-state index in [-0.39, 0.29) is 24.3 Å². The van der Waals surface area contributed by atoms with Gasteiger partial charge in [0.25, 0.3) is 5.91 Å². The van der Waals surface area contributed by atoms with Crippen LogP contribution in [-0.4, -0.2) is 63.2 Å². The lowest BCUT2D eigenvalue weighted by atomic mass is 9.88. The summed E-state index contributed by atoms with van der Waals surface area (Å²) >= 11 is 0. The van der Waals surface area contributed by atoms with Crippen molar-refractivity contribution < 1.29 is 22.8 Å². The number of oxime groups is 1. The number of halogens is 3. The van der Waals surface area contributed by atoms with Crippen molar-refractivity contribution in [2.24, 2.45) is 5.16 Å². The Bertz CT molecular complexity index is 730. The zero-order valence-electron chi connectivity index (χ0n) is 15.6. The lowest BCUT2D eigenvalue weighted by Crippen LogP contribution is -2.49. The molecule has 1 atom stereocenters. The number of hydrogen-bond donors (Lipinski definition) is 1. The topological polar surface area (TPSA) is 73.8 Å². The number of nitrogens with zero attached hydrogens (tertiary/aromatic N) is 4. The standard InChI is InChI=1S/C17H24F3N5O2/c1-11(2)24(3)15(26)12-7-16(27-23-12)5-4-6-25(10-16)9-14-21-8-13(22-14)17(18,19)20/h8,11H,4-7,9-10H2,1-3H3,(H,21,22)/t16-/m0/s1. The van der Waals surface area contributed by atoms with Gasteiger partial charge in [0.1, 0.15) is 17.2 Å². The molecule has 0 saturated carbocycles. The molecule has 150 valence electrons. The van der Waals surface area contributed by atoms with E-state index in [1.807, 2.05) is 18.7 Å². The highest BCUT2D eigenvalue weighted by Crippen LogP contribution is 2.34. The van der Waals surface area contributed by atoms with Gasteiger partial charge in [-0.3, -0.25) is 9.69 Å². The van der Waals surface area contributed by atoms with E-state index in [2.05, 4.69) is 15.1 Å².